The number of methoxy groups -OCH3 is 1. The fourth-order valence-corrected chi connectivity index (χ4v) is 3.69. The highest BCUT2D eigenvalue weighted by molar-refractivity contribution is 6.03. The fraction of sp³-hybridized carbons (Fsp3) is 0.0370. The van der Waals surface area contributed by atoms with Gasteiger partial charge in [-0.2, -0.15) is 0 Å². The van der Waals surface area contributed by atoms with Crippen LogP contribution in [-0.4, -0.2) is 22.9 Å². The molecule has 5 aromatic rings. The van der Waals surface area contributed by atoms with E-state index in [4.69, 9.17) is 13.6 Å². The lowest BCUT2D eigenvalue weighted by atomic mass is 10.1. The molecule has 36 heavy (non-hydrogen) atoms. The summed E-state index contributed by atoms with van der Waals surface area (Å²) in [6.07, 6.45) is 2.78. The second kappa shape index (κ2) is 9.59. The maximum Gasteiger partial charge on any atom is 0.280 e. The molecule has 9 heteroatoms. The van der Waals surface area contributed by atoms with Crippen LogP contribution in [0.5, 0.6) is 5.75 Å². The van der Waals surface area contributed by atoms with E-state index in [9.17, 15) is 14.9 Å². The van der Waals surface area contributed by atoms with Gasteiger partial charge < -0.3 is 18.9 Å². The smallest absolute Gasteiger partial charge is 0.280 e. The van der Waals surface area contributed by atoms with Gasteiger partial charge in [0.1, 0.15) is 22.8 Å². The van der Waals surface area contributed by atoms with E-state index in [1.807, 2.05) is 24.3 Å². The first kappa shape index (κ1) is 22.6. The number of oxazole rings is 1. The second-order valence-corrected chi connectivity index (χ2v) is 7.70. The number of nitrogens with zero attached hydrogens (tertiary/aromatic N) is 2. The highest BCUT2D eigenvalue weighted by Crippen LogP contribution is 2.33. The Morgan fingerprint density at radius 3 is 2.64 bits per heavy atom. The van der Waals surface area contributed by atoms with Crippen molar-refractivity contribution >= 4 is 34.5 Å². The van der Waals surface area contributed by atoms with E-state index in [0.29, 0.717) is 45.6 Å². The van der Waals surface area contributed by atoms with Gasteiger partial charge >= 0.3 is 0 Å². The Hall–Kier alpha value is -5.18. The number of amides is 1. The van der Waals surface area contributed by atoms with E-state index in [2.05, 4.69) is 10.3 Å². The van der Waals surface area contributed by atoms with Gasteiger partial charge in [-0.05, 0) is 54.6 Å². The van der Waals surface area contributed by atoms with Gasteiger partial charge in [-0.25, -0.2) is 4.98 Å². The summed E-state index contributed by atoms with van der Waals surface area (Å²) in [5.74, 6) is 1.16. The Morgan fingerprint density at radius 2 is 1.83 bits per heavy atom. The summed E-state index contributed by atoms with van der Waals surface area (Å²) in [5.41, 5.74) is 2.79. The van der Waals surface area contributed by atoms with E-state index in [0.717, 1.165) is 5.52 Å². The van der Waals surface area contributed by atoms with Gasteiger partial charge in [-0.15, -0.1) is 0 Å². The minimum absolute atomic E-state index is 0.0638. The zero-order valence-corrected chi connectivity index (χ0v) is 19.0. The molecule has 0 atom stereocenters. The molecule has 0 saturated carbocycles. The van der Waals surface area contributed by atoms with E-state index in [-0.39, 0.29) is 5.69 Å². The van der Waals surface area contributed by atoms with E-state index >= 15 is 0 Å². The SMILES string of the molecule is COc1ccc(-c2nc3ccccc3o2)cc1NC(=O)/C=C/c1ccc(-c2ccccc2[N+](=O)[O-])o1. The van der Waals surface area contributed by atoms with Crippen molar-refractivity contribution in [1.29, 1.82) is 0 Å². The summed E-state index contributed by atoms with van der Waals surface area (Å²) in [6, 6.07) is 22.2. The molecule has 0 spiro atoms. The van der Waals surface area contributed by atoms with Crippen molar-refractivity contribution in [1.82, 2.24) is 4.98 Å². The van der Waals surface area contributed by atoms with Gasteiger partial charge in [-0.3, -0.25) is 14.9 Å². The predicted octanol–water partition coefficient (Wildman–Crippen LogP) is 6.32. The first-order valence-electron chi connectivity index (χ1n) is 10.9. The number of anilines is 1. The number of para-hydroxylation sites is 3. The molecule has 0 fully saturated rings. The first-order valence-corrected chi connectivity index (χ1v) is 10.9. The van der Waals surface area contributed by atoms with Crippen LogP contribution in [0.3, 0.4) is 0 Å². The van der Waals surface area contributed by atoms with Crippen molar-refractivity contribution in [3.63, 3.8) is 0 Å². The zero-order chi connectivity index (χ0) is 25.1. The third-order valence-corrected chi connectivity index (χ3v) is 5.39. The quantitative estimate of drug-likeness (QED) is 0.164. The summed E-state index contributed by atoms with van der Waals surface area (Å²) in [4.78, 5) is 27.9. The number of rotatable bonds is 7. The lowest BCUT2D eigenvalue weighted by molar-refractivity contribution is -0.384. The van der Waals surface area contributed by atoms with Gasteiger partial charge in [-0.1, -0.05) is 24.3 Å². The molecular formula is C27H19N3O6. The Labute approximate surface area is 204 Å². The van der Waals surface area contributed by atoms with E-state index in [1.54, 1.807) is 48.5 Å². The molecule has 0 saturated heterocycles. The molecule has 2 heterocycles. The maximum atomic E-state index is 12.6. The Kier molecular flexibility index (Phi) is 6.02. The first-order chi connectivity index (χ1) is 17.5. The summed E-state index contributed by atoms with van der Waals surface area (Å²) in [5, 5.41) is 14.1. The molecule has 3 aromatic carbocycles. The lowest BCUT2D eigenvalue weighted by Gasteiger charge is -2.10. The summed E-state index contributed by atoms with van der Waals surface area (Å²) >= 11 is 0. The molecule has 0 unspecified atom stereocenters. The minimum atomic E-state index is -0.469. The summed E-state index contributed by atoms with van der Waals surface area (Å²) in [6.45, 7) is 0. The average molecular weight is 481 g/mol. The molecule has 0 bridgehead atoms. The van der Waals surface area contributed by atoms with Gasteiger partial charge in [0.25, 0.3) is 5.69 Å². The van der Waals surface area contributed by atoms with Crippen LogP contribution in [0, 0.1) is 10.1 Å². The molecule has 1 amide bonds. The Bertz CT molecular complexity index is 1580. The van der Waals surface area contributed by atoms with Crippen LogP contribution in [0.15, 0.2) is 93.8 Å². The van der Waals surface area contributed by atoms with Crippen LogP contribution < -0.4 is 10.1 Å². The van der Waals surface area contributed by atoms with Gasteiger partial charge in [0.2, 0.25) is 11.8 Å². The number of nitrogens with one attached hydrogen (secondary N) is 1. The average Bonchev–Trinajstić information content (AvgIpc) is 3.55. The van der Waals surface area contributed by atoms with Gasteiger partial charge in [0.15, 0.2) is 5.58 Å². The number of carbonyl (C=O) groups excluding carboxylic acids is 1. The number of nitro groups is 1. The normalized spacial score (nSPS) is 11.1. The van der Waals surface area contributed by atoms with Crippen LogP contribution >= 0.6 is 0 Å². The largest absolute Gasteiger partial charge is 0.495 e. The van der Waals surface area contributed by atoms with Crippen molar-refractivity contribution in [3.05, 3.63) is 101 Å². The number of fused-ring (bicyclic) bond motifs is 1. The number of aromatic nitrogens is 1. The number of hydrogen-bond acceptors (Lipinski definition) is 7. The third-order valence-electron chi connectivity index (χ3n) is 5.39. The molecule has 1 N–H and O–H groups in total. The van der Waals surface area contributed by atoms with Crippen LogP contribution in [0.4, 0.5) is 11.4 Å². The van der Waals surface area contributed by atoms with Crippen molar-refractivity contribution in [2.24, 2.45) is 0 Å². The number of benzene rings is 3. The molecule has 0 aliphatic heterocycles. The maximum absolute atomic E-state index is 12.6. The number of furan rings is 1. The number of nitro benzene ring substituents is 1. The number of ether oxygens (including phenoxy) is 1. The fourth-order valence-electron chi connectivity index (χ4n) is 3.69. The summed E-state index contributed by atoms with van der Waals surface area (Å²) in [7, 11) is 1.51. The molecule has 5 rings (SSSR count). The van der Waals surface area contributed by atoms with Gasteiger partial charge in [0, 0.05) is 17.7 Å². The predicted molar refractivity (Wildman–Crippen MR) is 134 cm³/mol. The van der Waals surface area contributed by atoms with Crippen molar-refractivity contribution in [2.75, 3.05) is 12.4 Å². The topological polar surface area (TPSA) is 121 Å². The monoisotopic (exact) mass is 481 g/mol. The van der Waals surface area contributed by atoms with Gasteiger partial charge in [0.05, 0.1) is 23.3 Å². The lowest BCUT2D eigenvalue weighted by Crippen LogP contribution is -2.09. The minimum Gasteiger partial charge on any atom is -0.495 e. The number of carbonyl (C=O) groups is 1. The molecule has 0 aliphatic rings. The van der Waals surface area contributed by atoms with E-state index in [1.165, 1.54) is 25.3 Å². The molecule has 178 valence electrons. The van der Waals surface area contributed by atoms with Crippen molar-refractivity contribution in [3.8, 4) is 28.5 Å². The highest BCUT2D eigenvalue weighted by Gasteiger charge is 2.17. The molecular weight excluding hydrogens is 462 g/mol. The van der Waals surface area contributed by atoms with Crippen LogP contribution in [0.25, 0.3) is 40.0 Å². The summed E-state index contributed by atoms with van der Waals surface area (Å²) < 4.78 is 16.9. The second-order valence-electron chi connectivity index (χ2n) is 7.70. The van der Waals surface area contributed by atoms with E-state index < -0.39 is 10.8 Å². The van der Waals surface area contributed by atoms with Crippen LogP contribution in [-0.2, 0) is 4.79 Å². The Morgan fingerprint density at radius 1 is 1.03 bits per heavy atom. The zero-order valence-electron chi connectivity index (χ0n) is 19.0. The highest BCUT2D eigenvalue weighted by atomic mass is 16.6. The Balaban J connectivity index is 1.34. The molecule has 0 radical (unpaired) electrons. The number of hydrogen-bond donors (Lipinski definition) is 1. The van der Waals surface area contributed by atoms with Crippen LogP contribution in [0.2, 0.25) is 0 Å². The van der Waals surface area contributed by atoms with Crippen molar-refractivity contribution in [2.45, 2.75) is 0 Å². The molecule has 0 aliphatic carbocycles. The van der Waals surface area contributed by atoms with Crippen molar-refractivity contribution < 1.29 is 23.3 Å². The van der Waals surface area contributed by atoms with Crippen LogP contribution in [0.1, 0.15) is 5.76 Å². The standard InChI is InChI=1S/C27H19N3O6/c1-34-24-13-10-17(27-29-20-7-3-5-9-25(20)36-27)16-21(24)28-26(31)15-12-18-11-14-23(35-18)19-6-2-4-8-22(19)30(32)33/h2-16H,1H3,(H,28,31)/b15-12+. The third kappa shape index (κ3) is 4.58. The molecule has 2 aromatic heterocycles. The molecule has 9 nitrogen and oxygen atoms in total.